The maximum atomic E-state index is 12.1. The summed E-state index contributed by atoms with van der Waals surface area (Å²) in [7, 11) is -1.59. The minimum atomic E-state index is -1.59. The molecule has 2 nitrogen and oxygen atoms in total. The van der Waals surface area contributed by atoms with Gasteiger partial charge in [-0.05, 0) is 37.4 Å². The maximum Gasteiger partial charge on any atom is 0.192 e. The molecule has 0 aliphatic heterocycles. The lowest BCUT2D eigenvalue weighted by atomic mass is 9.82. The van der Waals surface area contributed by atoms with Gasteiger partial charge in [-0.15, -0.1) is 0 Å². The van der Waals surface area contributed by atoms with E-state index in [1.54, 1.807) is 0 Å². The van der Waals surface area contributed by atoms with Crippen LogP contribution < -0.4 is 0 Å². The number of rotatable bonds is 8. The van der Waals surface area contributed by atoms with Gasteiger partial charge >= 0.3 is 0 Å². The maximum absolute atomic E-state index is 12.1. The summed E-state index contributed by atoms with van der Waals surface area (Å²) in [6.07, 6.45) is 5.24. The first-order valence-electron chi connectivity index (χ1n) is 7.32. The first kappa shape index (κ1) is 15.9. The monoisotopic (exact) mass is 270 g/mol. The molecule has 106 valence electrons. The Bertz CT molecular complexity index is 304. The van der Waals surface area contributed by atoms with Gasteiger partial charge in [-0.1, -0.05) is 34.1 Å². The van der Waals surface area contributed by atoms with Crippen LogP contribution in [0.5, 0.6) is 0 Å². The predicted molar refractivity (Wildman–Crippen MR) is 79.3 cm³/mol. The summed E-state index contributed by atoms with van der Waals surface area (Å²) in [5, 5.41) is 0.467. The number of ketones is 1. The molecular weight excluding hydrogens is 240 g/mol. The van der Waals surface area contributed by atoms with Crippen LogP contribution >= 0.6 is 0 Å². The number of hydrogen-bond donors (Lipinski definition) is 0. The van der Waals surface area contributed by atoms with E-state index in [0.717, 1.165) is 12.8 Å². The quantitative estimate of drug-likeness (QED) is 0.605. The first-order valence-corrected chi connectivity index (χ1v) is 10.2. The fraction of sp³-hybridized carbons (Fsp3) is 0.933. The molecule has 0 bridgehead atoms. The van der Waals surface area contributed by atoms with Crippen LogP contribution in [0.25, 0.3) is 0 Å². The average Bonchev–Trinajstić information content (AvgIpc) is 2.97. The molecule has 1 saturated carbocycles. The predicted octanol–water partition coefficient (Wildman–Crippen LogP) is 4.55. The SMILES string of the molecule is CCCC(C)(C)C(=O)CCO[Si](C)(C)C1(C)CC1. The van der Waals surface area contributed by atoms with Crippen molar-refractivity contribution >= 4 is 14.1 Å². The largest absolute Gasteiger partial charge is 0.416 e. The minimum absolute atomic E-state index is 0.173. The van der Waals surface area contributed by atoms with Crippen molar-refractivity contribution in [3.8, 4) is 0 Å². The van der Waals surface area contributed by atoms with Crippen molar-refractivity contribution in [2.45, 2.75) is 77.9 Å². The Labute approximate surface area is 114 Å². The summed E-state index contributed by atoms with van der Waals surface area (Å²) < 4.78 is 6.12. The molecule has 0 heterocycles. The van der Waals surface area contributed by atoms with Gasteiger partial charge in [0.15, 0.2) is 8.32 Å². The lowest BCUT2D eigenvalue weighted by Gasteiger charge is -2.30. The smallest absolute Gasteiger partial charge is 0.192 e. The molecule has 1 rings (SSSR count). The Morgan fingerprint density at radius 1 is 1.33 bits per heavy atom. The number of carbonyl (C=O) groups is 1. The Kier molecular flexibility index (Phi) is 4.82. The van der Waals surface area contributed by atoms with E-state index in [1.807, 2.05) is 0 Å². The number of hydrogen-bond acceptors (Lipinski definition) is 2. The van der Waals surface area contributed by atoms with Crippen LogP contribution in [-0.4, -0.2) is 20.7 Å². The summed E-state index contributed by atoms with van der Waals surface area (Å²) in [5.41, 5.74) is -0.173. The second kappa shape index (κ2) is 5.46. The Balaban J connectivity index is 2.36. The van der Waals surface area contributed by atoms with E-state index < -0.39 is 8.32 Å². The third kappa shape index (κ3) is 3.67. The topological polar surface area (TPSA) is 26.3 Å². The molecule has 0 aromatic heterocycles. The van der Waals surface area contributed by atoms with Gasteiger partial charge in [-0.3, -0.25) is 4.79 Å². The van der Waals surface area contributed by atoms with Crippen molar-refractivity contribution in [1.82, 2.24) is 0 Å². The molecule has 0 spiro atoms. The molecule has 18 heavy (non-hydrogen) atoms. The summed E-state index contributed by atoms with van der Waals surface area (Å²) in [5.74, 6) is 0.357. The van der Waals surface area contributed by atoms with Crippen LogP contribution in [0.2, 0.25) is 18.1 Å². The van der Waals surface area contributed by atoms with Gasteiger partial charge in [0.05, 0.1) is 0 Å². The summed E-state index contributed by atoms with van der Waals surface area (Å²) >= 11 is 0. The van der Waals surface area contributed by atoms with Gasteiger partial charge in [-0.25, -0.2) is 0 Å². The molecule has 0 aromatic carbocycles. The van der Waals surface area contributed by atoms with Crippen LogP contribution in [0.3, 0.4) is 0 Å². The fourth-order valence-electron chi connectivity index (χ4n) is 2.47. The average molecular weight is 270 g/mol. The molecular formula is C15H30O2Si. The Morgan fingerprint density at radius 3 is 2.33 bits per heavy atom. The molecule has 0 atom stereocenters. The highest BCUT2D eigenvalue weighted by Crippen LogP contribution is 2.60. The fourth-order valence-corrected chi connectivity index (χ4v) is 4.76. The van der Waals surface area contributed by atoms with Crippen molar-refractivity contribution in [2.24, 2.45) is 5.41 Å². The minimum Gasteiger partial charge on any atom is -0.416 e. The molecule has 3 heteroatoms. The van der Waals surface area contributed by atoms with Gasteiger partial charge < -0.3 is 4.43 Å². The van der Waals surface area contributed by atoms with Crippen molar-refractivity contribution in [3.63, 3.8) is 0 Å². The molecule has 0 saturated heterocycles. The van der Waals surface area contributed by atoms with Crippen LogP contribution in [0.15, 0.2) is 0 Å². The van der Waals surface area contributed by atoms with E-state index in [4.69, 9.17) is 4.43 Å². The van der Waals surface area contributed by atoms with Crippen molar-refractivity contribution in [3.05, 3.63) is 0 Å². The molecule has 0 aromatic rings. The molecule has 1 aliphatic rings. The molecule has 0 N–H and O–H groups in total. The third-order valence-electron chi connectivity index (χ3n) is 4.88. The molecule has 0 radical (unpaired) electrons. The van der Waals surface area contributed by atoms with E-state index in [2.05, 4.69) is 40.8 Å². The van der Waals surface area contributed by atoms with Crippen LogP contribution in [0.4, 0.5) is 0 Å². The highest BCUT2D eigenvalue weighted by atomic mass is 28.4. The summed E-state index contributed by atoms with van der Waals surface area (Å²) in [6.45, 7) is 13.8. The van der Waals surface area contributed by atoms with Gasteiger partial charge in [-0.2, -0.15) is 0 Å². The molecule has 1 fully saturated rings. The van der Waals surface area contributed by atoms with Gasteiger partial charge in [0.1, 0.15) is 5.78 Å². The first-order chi connectivity index (χ1) is 8.15. The lowest BCUT2D eigenvalue weighted by Crippen LogP contribution is -2.38. The van der Waals surface area contributed by atoms with Gasteiger partial charge in [0, 0.05) is 18.4 Å². The normalized spacial score (nSPS) is 18.8. The zero-order valence-corrected chi connectivity index (χ0v) is 14.1. The zero-order valence-electron chi connectivity index (χ0n) is 13.1. The van der Waals surface area contributed by atoms with E-state index in [1.165, 1.54) is 12.8 Å². The molecule has 1 aliphatic carbocycles. The van der Waals surface area contributed by atoms with Crippen molar-refractivity contribution in [2.75, 3.05) is 6.61 Å². The van der Waals surface area contributed by atoms with Crippen molar-refractivity contribution in [1.29, 1.82) is 0 Å². The van der Waals surface area contributed by atoms with Gasteiger partial charge in [0.25, 0.3) is 0 Å². The Hall–Kier alpha value is -0.153. The zero-order chi connectivity index (χ0) is 14.0. The van der Waals surface area contributed by atoms with E-state index in [9.17, 15) is 4.79 Å². The molecule has 0 unspecified atom stereocenters. The van der Waals surface area contributed by atoms with Crippen LogP contribution in [-0.2, 0) is 9.22 Å². The standard InChI is InChI=1S/C15H30O2Si/c1-7-9-14(2,3)13(16)8-12-17-18(5,6)15(4)10-11-15/h7-12H2,1-6H3. The highest BCUT2D eigenvalue weighted by Gasteiger charge is 2.53. The summed E-state index contributed by atoms with van der Waals surface area (Å²) in [4.78, 5) is 12.1. The third-order valence-corrected chi connectivity index (χ3v) is 9.21. The lowest BCUT2D eigenvalue weighted by molar-refractivity contribution is -0.128. The second-order valence-corrected chi connectivity index (χ2v) is 11.7. The number of carbonyl (C=O) groups excluding carboxylic acids is 1. The van der Waals surface area contributed by atoms with Crippen LogP contribution in [0.1, 0.15) is 59.8 Å². The Morgan fingerprint density at radius 2 is 1.89 bits per heavy atom. The highest BCUT2D eigenvalue weighted by molar-refractivity contribution is 6.75. The second-order valence-electron chi connectivity index (χ2n) is 7.23. The van der Waals surface area contributed by atoms with Gasteiger partial charge in [0.2, 0.25) is 0 Å². The van der Waals surface area contributed by atoms with E-state index in [0.29, 0.717) is 23.8 Å². The van der Waals surface area contributed by atoms with E-state index in [-0.39, 0.29) is 5.41 Å². The number of Topliss-reactive ketones (excluding diaryl/α,β-unsaturated/α-hetero) is 1. The van der Waals surface area contributed by atoms with Crippen LogP contribution in [0, 0.1) is 5.41 Å². The van der Waals surface area contributed by atoms with E-state index >= 15 is 0 Å². The van der Waals surface area contributed by atoms with Crippen molar-refractivity contribution < 1.29 is 9.22 Å². The molecule has 0 amide bonds. The summed E-state index contributed by atoms with van der Waals surface area (Å²) in [6, 6.07) is 0.